The second-order valence-corrected chi connectivity index (χ2v) is 9.08. The SMILES string of the molecule is COc1ccc(CNC(=O)c2cccc(S(=O)(=O)N3CCC(C)CC3)c2)cc1. The van der Waals surface area contributed by atoms with E-state index in [2.05, 4.69) is 12.2 Å². The highest BCUT2D eigenvalue weighted by Crippen LogP contribution is 2.24. The van der Waals surface area contributed by atoms with E-state index < -0.39 is 10.0 Å². The Labute approximate surface area is 166 Å². The summed E-state index contributed by atoms with van der Waals surface area (Å²) in [7, 11) is -1.98. The van der Waals surface area contributed by atoms with Crippen molar-refractivity contribution in [3.05, 3.63) is 59.7 Å². The molecule has 0 radical (unpaired) electrons. The van der Waals surface area contributed by atoms with Crippen LogP contribution in [0.15, 0.2) is 53.4 Å². The second-order valence-electron chi connectivity index (χ2n) is 7.15. The number of ether oxygens (including phenoxy) is 1. The third-order valence-electron chi connectivity index (χ3n) is 5.09. The maximum absolute atomic E-state index is 12.9. The van der Waals surface area contributed by atoms with Crippen LogP contribution in [0.3, 0.4) is 0 Å². The second kappa shape index (κ2) is 8.75. The summed E-state index contributed by atoms with van der Waals surface area (Å²) in [6, 6.07) is 13.6. The molecule has 0 atom stereocenters. The molecule has 1 heterocycles. The Kier molecular flexibility index (Phi) is 6.36. The van der Waals surface area contributed by atoms with E-state index in [4.69, 9.17) is 4.74 Å². The zero-order chi connectivity index (χ0) is 20.1. The number of methoxy groups -OCH3 is 1. The van der Waals surface area contributed by atoms with Crippen molar-refractivity contribution in [3.63, 3.8) is 0 Å². The molecule has 1 aliphatic heterocycles. The Balaban J connectivity index is 1.68. The molecule has 0 bridgehead atoms. The van der Waals surface area contributed by atoms with Crippen LogP contribution in [-0.4, -0.2) is 38.8 Å². The smallest absolute Gasteiger partial charge is 0.251 e. The summed E-state index contributed by atoms with van der Waals surface area (Å²) in [5.74, 6) is 0.988. The van der Waals surface area contributed by atoms with Crippen LogP contribution in [0.25, 0.3) is 0 Å². The van der Waals surface area contributed by atoms with Gasteiger partial charge in [0.15, 0.2) is 0 Å². The first kappa shape index (κ1) is 20.4. The number of rotatable bonds is 6. The lowest BCUT2D eigenvalue weighted by atomic mass is 10.0. The first-order valence-corrected chi connectivity index (χ1v) is 10.9. The first-order chi connectivity index (χ1) is 13.4. The van der Waals surface area contributed by atoms with Crippen molar-refractivity contribution >= 4 is 15.9 Å². The molecule has 150 valence electrons. The van der Waals surface area contributed by atoms with Crippen LogP contribution in [0.2, 0.25) is 0 Å². The van der Waals surface area contributed by atoms with E-state index in [9.17, 15) is 13.2 Å². The number of carbonyl (C=O) groups is 1. The Bertz CT molecular complexity index is 918. The molecule has 1 N–H and O–H groups in total. The number of nitrogens with zero attached hydrogens (tertiary/aromatic N) is 1. The van der Waals surface area contributed by atoms with Gasteiger partial charge in [0.25, 0.3) is 5.91 Å². The van der Waals surface area contributed by atoms with Crippen LogP contribution in [0.5, 0.6) is 5.75 Å². The molecule has 1 aliphatic rings. The molecule has 0 aromatic heterocycles. The van der Waals surface area contributed by atoms with E-state index in [0.29, 0.717) is 31.1 Å². The molecule has 7 heteroatoms. The number of sulfonamides is 1. The minimum atomic E-state index is -3.58. The van der Waals surface area contributed by atoms with Gasteiger partial charge in [-0.2, -0.15) is 4.31 Å². The van der Waals surface area contributed by atoms with Gasteiger partial charge in [0.1, 0.15) is 5.75 Å². The average molecular weight is 403 g/mol. The highest BCUT2D eigenvalue weighted by Gasteiger charge is 2.28. The van der Waals surface area contributed by atoms with Crippen LogP contribution in [0.1, 0.15) is 35.7 Å². The van der Waals surface area contributed by atoms with Crippen molar-refractivity contribution in [1.82, 2.24) is 9.62 Å². The van der Waals surface area contributed by atoms with E-state index in [-0.39, 0.29) is 10.8 Å². The number of hydrogen-bond donors (Lipinski definition) is 1. The predicted octanol–water partition coefficient (Wildman–Crippen LogP) is 3.05. The normalized spacial score (nSPS) is 15.9. The lowest BCUT2D eigenvalue weighted by molar-refractivity contribution is 0.0950. The van der Waals surface area contributed by atoms with Crippen LogP contribution >= 0.6 is 0 Å². The third kappa shape index (κ3) is 4.72. The Morgan fingerprint density at radius 3 is 2.46 bits per heavy atom. The van der Waals surface area contributed by atoms with Gasteiger partial charge in [0.05, 0.1) is 12.0 Å². The molecule has 0 unspecified atom stereocenters. The minimum absolute atomic E-state index is 0.166. The maximum Gasteiger partial charge on any atom is 0.251 e. The molecule has 6 nitrogen and oxygen atoms in total. The molecule has 1 saturated heterocycles. The van der Waals surface area contributed by atoms with E-state index in [1.807, 2.05) is 24.3 Å². The van der Waals surface area contributed by atoms with Crippen molar-refractivity contribution < 1.29 is 17.9 Å². The van der Waals surface area contributed by atoms with Gasteiger partial charge in [-0.25, -0.2) is 8.42 Å². The molecule has 28 heavy (non-hydrogen) atoms. The van der Waals surface area contributed by atoms with Crippen LogP contribution in [0, 0.1) is 5.92 Å². The van der Waals surface area contributed by atoms with Gasteiger partial charge in [0, 0.05) is 25.2 Å². The van der Waals surface area contributed by atoms with E-state index >= 15 is 0 Å². The van der Waals surface area contributed by atoms with Gasteiger partial charge in [-0.05, 0) is 54.7 Å². The molecular weight excluding hydrogens is 376 g/mol. The van der Waals surface area contributed by atoms with Gasteiger partial charge < -0.3 is 10.1 Å². The quantitative estimate of drug-likeness (QED) is 0.806. The zero-order valence-electron chi connectivity index (χ0n) is 16.2. The van der Waals surface area contributed by atoms with Crippen molar-refractivity contribution in [2.75, 3.05) is 20.2 Å². The number of carbonyl (C=O) groups excluding carboxylic acids is 1. The van der Waals surface area contributed by atoms with Crippen molar-refractivity contribution in [2.24, 2.45) is 5.92 Å². The summed E-state index contributed by atoms with van der Waals surface area (Å²) in [5, 5.41) is 2.83. The highest BCUT2D eigenvalue weighted by molar-refractivity contribution is 7.89. The summed E-state index contributed by atoms with van der Waals surface area (Å²) in [6.45, 7) is 3.54. The Morgan fingerprint density at radius 2 is 1.82 bits per heavy atom. The van der Waals surface area contributed by atoms with Crippen LogP contribution in [-0.2, 0) is 16.6 Å². The lowest BCUT2D eigenvalue weighted by Crippen LogP contribution is -2.38. The average Bonchev–Trinajstić information content (AvgIpc) is 2.72. The summed E-state index contributed by atoms with van der Waals surface area (Å²) in [5.41, 5.74) is 1.26. The fraction of sp³-hybridized carbons (Fsp3) is 0.381. The first-order valence-electron chi connectivity index (χ1n) is 9.41. The topological polar surface area (TPSA) is 75.7 Å². The Hall–Kier alpha value is -2.38. The fourth-order valence-electron chi connectivity index (χ4n) is 3.20. The summed E-state index contributed by atoms with van der Waals surface area (Å²) < 4.78 is 32.4. The molecule has 3 rings (SSSR count). The van der Waals surface area contributed by atoms with Gasteiger partial charge in [0.2, 0.25) is 10.0 Å². The van der Waals surface area contributed by atoms with Crippen molar-refractivity contribution in [1.29, 1.82) is 0 Å². The Morgan fingerprint density at radius 1 is 1.14 bits per heavy atom. The van der Waals surface area contributed by atoms with E-state index in [1.54, 1.807) is 25.3 Å². The van der Waals surface area contributed by atoms with Gasteiger partial charge in [-0.15, -0.1) is 0 Å². The van der Waals surface area contributed by atoms with Gasteiger partial charge >= 0.3 is 0 Å². The number of hydrogen-bond acceptors (Lipinski definition) is 4. The summed E-state index contributed by atoms with van der Waals surface area (Å²) in [6.07, 6.45) is 1.72. The number of amides is 1. The van der Waals surface area contributed by atoms with Crippen molar-refractivity contribution in [2.45, 2.75) is 31.2 Å². The highest BCUT2D eigenvalue weighted by atomic mass is 32.2. The standard InChI is InChI=1S/C21H26N2O4S/c1-16-10-12-23(13-11-16)28(25,26)20-5-3-4-18(14-20)21(24)22-15-17-6-8-19(27-2)9-7-17/h3-9,14,16H,10-13,15H2,1-2H3,(H,22,24). The third-order valence-corrected chi connectivity index (χ3v) is 6.98. The number of piperidine rings is 1. The largest absolute Gasteiger partial charge is 0.497 e. The van der Waals surface area contributed by atoms with Crippen LogP contribution < -0.4 is 10.1 Å². The lowest BCUT2D eigenvalue weighted by Gasteiger charge is -2.29. The zero-order valence-corrected chi connectivity index (χ0v) is 17.0. The fourth-order valence-corrected chi connectivity index (χ4v) is 4.72. The number of benzene rings is 2. The van der Waals surface area contributed by atoms with Gasteiger partial charge in [-0.1, -0.05) is 25.1 Å². The molecule has 1 amide bonds. The van der Waals surface area contributed by atoms with E-state index in [1.165, 1.54) is 10.4 Å². The minimum Gasteiger partial charge on any atom is -0.497 e. The van der Waals surface area contributed by atoms with Crippen LogP contribution in [0.4, 0.5) is 0 Å². The molecule has 0 aliphatic carbocycles. The van der Waals surface area contributed by atoms with Gasteiger partial charge in [-0.3, -0.25) is 4.79 Å². The maximum atomic E-state index is 12.9. The molecule has 0 spiro atoms. The summed E-state index contributed by atoms with van der Waals surface area (Å²) in [4.78, 5) is 12.7. The van der Waals surface area contributed by atoms with E-state index in [0.717, 1.165) is 24.2 Å². The summed E-state index contributed by atoms with van der Waals surface area (Å²) >= 11 is 0. The molecule has 1 fully saturated rings. The number of nitrogens with one attached hydrogen (secondary N) is 1. The van der Waals surface area contributed by atoms with Crippen molar-refractivity contribution in [3.8, 4) is 5.75 Å². The molecule has 0 saturated carbocycles. The molecule has 2 aromatic carbocycles. The molecular formula is C21H26N2O4S. The predicted molar refractivity (Wildman–Crippen MR) is 108 cm³/mol. The monoisotopic (exact) mass is 402 g/mol. The molecule has 2 aromatic rings.